The summed E-state index contributed by atoms with van der Waals surface area (Å²) in [5.41, 5.74) is -0.288. The van der Waals surface area contributed by atoms with E-state index in [1.54, 1.807) is 17.0 Å². The Balaban J connectivity index is 1.67. The summed E-state index contributed by atoms with van der Waals surface area (Å²) in [5.74, 6) is -0.161. The molecule has 1 aromatic carbocycles. The fourth-order valence-corrected chi connectivity index (χ4v) is 4.02. The van der Waals surface area contributed by atoms with Gasteiger partial charge in [-0.1, -0.05) is 17.7 Å². The number of ether oxygens (including phenoxy) is 1. The van der Waals surface area contributed by atoms with Gasteiger partial charge in [-0.2, -0.15) is 0 Å². The number of benzene rings is 1. The molecule has 2 aliphatic rings. The number of rotatable bonds is 3. The zero-order valence-electron chi connectivity index (χ0n) is 20.1. The second-order valence-corrected chi connectivity index (χ2v) is 11.0. The molecule has 1 N–H and O–H groups in total. The van der Waals surface area contributed by atoms with Crippen molar-refractivity contribution in [3.05, 3.63) is 28.8 Å². The Morgan fingerprint density at radius 3 is 2.38 bits per heavy atom. The van der Waals surface area contributed by atoms with Crippen LogP contribution in [0.15, 0.2) is 18.2 Å². The standard InChI is InChI=1S/C23H34BClN2O5/c1-21(2,3)30-20(29)26-16-9-8-12-27(14-16)19(28)17-11-10-15(13-18(17)25)24-31-22(4,5)23(6,7)32-24/h10-11,13,16H,8-9,12,14H2,1-7H3,(H,26,29)/t16-/m0/s1. The molecule has 0 unspecified atom stereocenters. The van der Waals surface area contributed by atoms with Crippen molar-refractivity contribution < 1.29 is 23.6 Å². The van der Waals surface area contributed by atoms with E-state index in [-0.39, 0.29) is 11.9 Å². The summed E-state index contributed by atoms with van der Waals surface area (Å²) in [5, 5.41) is 3.22. The Morgan fingerprint density at radius 2 is 1.81 bits per heavy atom. The Kier molecular flexibility index (Phi) is 6.90. The van der Waals surface area contributed by atoms with Crippen molar-refractivity contribution in [1.29, 1.82) is 0 Å². The third-order valence-corrected chi connectivity index (χ3v) is 6.49. The summed E-state index contributed by atoms with van der Waals surface area (Å²) in [6.45, 7) is 14.4. The molecule has 2 aliphatic heterocycles. The van der Waals surface area contributed by atoms with Gasteiger partial charge in [-0.25, -0.2) is 4.79 Å². The molecular formula is C23H34BClN2O5. The highest BCUT2D eigenvalue weighted by Crippen LogP contribution is 2.36. The van der Waals surface area contributed by atoms with Crippen LogP contribution in [0.2, 0.25) is 5.02 Å². The van der Waals surface area contributed by atoms with Crippen LogP contribution < -0.4 is 10.8 Å². The number of alkyl carbamates (subject to hydrolysis) is 1. The number of halogens is 1. The average molecular weight is 465 g/mol. The molecule has 2 amide bonds. The lowest BCUT2D eigenvalue weighted by Crippen LogP contribution is -2.50. The monoisotopic (exact) mass is 464 g/mol. The summed E-state index contributed by atoms with van der Waals surface area (Å²) in [7, 11) is -0.543. The Labute approximate surface area is 196 Å². The molecule has 2 saturated heterocycles. The predicted molar refractivity (Wildman–Crippen MR) is 125 cm³/mol. The first kappa shape index (κ1) is 24.9. The fraction of sp³-hybridized carbons (Fsp3) is 0.652. The van der Waals surface area contributed by atoms with Crippen molar-refractivity contribution in [3.63, 3.8) is 0 Å². The first-order valence-electron chi connectivity index (χ1n) is 11.1. The van der Waals surface area contributed by atoms with Crippen LogP contribution in [0.4, 0.5) is 4.79 Å². The first-order valence-corrected chi connectivity index (χ1v) is 11.5. The van der Waals surface area contributed by atoms with Crippen LogP contribution in [-0.4, -0.2) is 60.0 Å². The number of hydrogen-bond acceptors (Lipinski definition) is 5. The molecule has 2 heterocycles. The maximum atomic E-state index is 13.2. The van der Waals surface area contributed by atoms with Crippen LogP contribution in [0.1, 0.15) is 71.7 Å². The molecule has 32 heavy (non-hydrogen) atoms. The van der Waals surface area contributed by atoms with Gasteiger partial charge in [0, 0.05) is 19.1 Å². The molecule has 1 atom stereocenters. The lowest BCUT2D eigenvalue weighted by Gasteiger charge is -2.33. The second-order valence-electron chi connectivity index (χ2n) is 10.6. The third-order valence-electron chi connectivity index (χ3n) is 6.18. The van der Waals surface area contributed by atoms with Crippen molar-refractivity contribution in [2.24, 2.45) is 0 Å². The van der Waals surface area contributed by atoms with Gasteiger partial charge in [-0.3, -0.25) is 4.79 Å². The fourth-order valence-electron chi connectivity index (χ4n) is 3.75. The minimum atomic E-state index is -0.569. The van der Waals surface area contributed by atoms with Gasteiger partial charge in [-0.15, -0.1) is 0 Å². The normalized spacial score (nSPS) is 22.6. The highest BCUT2D eigenvalue weighted by Gasteiger charge is 2.51. The van der Waals surface area contributed by atoms with Gasteiger partial charge in [0.25, 0.3) is 5.91 Å². The van der Waals surface area contributed by atoms with Crippen LogP contribution in [0, 0.1) is 0 Å². The van der Waals surface area contributed by atoms with E-state index in [9.17, 15) is 9.59 Å². The molecule has 0 aliphatic carbocycles. The molecule has 0 aromatic heterocycles. The lowest BCUT2D eigenvalue weighted by molar-refractivity contribution is 0.00578. The smallest absolute Gasteiger partial charge is 0.444 e. The Morgan fingerprint density at radius 1 is 1.19 bits per heavy atom. The zero-order chi connectivity index (χ0) is 23.9. The van der Waals surface area contributed by atoms with E-state index >= 15 is 0 Å². The number of piperidine rings is 1. The molecular weight excluding hydrogens is 431 g/mol. The summed E-state index contributed by atoms with van der Waals surface area (Å²) in [6.07, 6.45) is 1.11. The number of amides is 2. The number of nitrogens with one attached hydrogen (secondary N) is 1. The van der Waals surface area contributed by atoms with Crippen molar-refractivity contribution >= 4 is 36.2 Å². The molecule has 1 aromatic rings. The van der Waals surface area contributed by atoms with Crippen molar-refractivity contribution in [3.8, 4) is 0 Å². The van der Waals surface area contributed by atoms with Crippen LogP contribution in [0.5, 0.6) is 0 Å². The van der Waals surface area contributed by atoms with Gasteiger partial charge in [0.2, 0.25) is 0 Å². The van der Waals surface area contributed by atoms with Crippen LogP contribution in [0.3, 0.4) is 0 Å². The molecule has 0 bridgehead atoms. The predicted octanol–water partition coefficient (Wildman–Crippen LogP) is 3.77. The maximum absolute atomic E-state index is 13.2. The second kappa shape index (κ2) is 8.88. The number of hydrogen-bond donors (Lipinski definition) is 1. The molecule has 9 heteroatoms. The molecule has 176 valence electrons. The van der Waals surface area contributed by atoms with Crippen LogP contribution in [0.25, 0.3) is 0 Å². The molecule has 0 spiro atoms. The average Bonchev–Trinajstić information content (AvgIpc) is 2.87. The molecule has 2 fully saturated rings. The van der Waals surface area contributed by atoms with E-state index in [4.69, 9.17) is 25.6 Å². The van der Waals surface area contributed by atoms with Gasteiger partial charge >= 0.3 is 13.2 Å². The third kappa shape index (κ3) is 5.59. The van der Waals surface area contributed by atoms with E-state index in [1.165, 1.54) is 0 Å². The minimum absolute atomic E-state index is 0.161. The van der Waals surface area contributed by atoms with Gasteiger partial charge in [0.05, 0.1) is 21.8 Å². The highest BCUT2D eigenvalue weighted by molar-refractivity contribution is 6.62. The van der Waals surface area contributed by atoms with Crippen molar-refractivity contribution in [2.75, 3.05) is 13.1 Å². The molecule has 0 saturated carbocycles. The summed E-state index contributed by atoms with van der Waals surface area (Å²) >= 11 is 6.51. The van der Waals surface area contributed by atoms with Crippen LogP contribution in [-0.2, 0) is 14.0 Å². The highest BCUT2D eigenvalue weighted by atomic mass is 35.5. The van der Waals surface area contributed by atoms with E-state index < -0.39 is 30.0 Å². The summed E-state index contributed by atoms with van der Waals surface area (Å²) in [6, 6.07) is 5.11. The Bertz CT molecular complexity index is 868. The maximum Gasteiger partial charge on any atom is 0.494 e. The lowest BCUT2D eigenvalue weighted by atomic mass is 9.79. The Hall–Kier alpha value is -1.77. The zero-order valence-corrected chi connectivity index (χ0v) is 20.8. The van der Waals surface area contributed by atoms with E-state index in [0.29, 0.717) is 23.7 Å². The summed E-state index contributed by atoms with van der Waals surface area (Å²) in [4.78, 5) is 27.0. The first-order chi connectivity index (χ1) is 14.7. The van der Waals surface area contributed by atoms with Crippen molar-refractivity contribution in [2.45, 2.75) is 84.2 Å². The van der Waals surface area contributed by atoms with Crippen molar-refractivity contribution in [1.82, 2.24) is 10.2 Å². The molecule has 0 radical (unpaired) electrons. The SMILES string of the molecule is CC(C)(C)OC(=O)N[C@H]1CCCN(C(=O)c2ccc(B3OC(C)(C)C(C)(C)O3)cc2Cl)C1. The van der Waals surface area contributed by atoms with E-state index in [2.05, 4.69) is 5.32 Å². The quantitative estimate of drug-likeness (QED) is 0.689. The van der Waals surface area contributed by atoms with Gasteiger partial charge in [-0.05, 0) is 78.9 Å². The van der Waals surface area contributed by atoms with Gasteiger partial charge in [0.1, 0.15) is 5.60 Å². The number of carbonyl (C=O) groups excluding carboxylic acids is 2. The van der Waals surface area contributed by atoms with Gasteiger partial charge in [0.15, 0.2) is 0 Å². The minimum Gasteiger partial charge on any atom is -0.444 e. The van der Waals surface area contributed by atoms with Crippen LogP contribution >= 0.6 is 11.6 Å². The molecule has 7 nitrogen and oxygen atoms in total. The number of nitrogens with zero attached hydrogens (tertiary/aromatic N) is 1. The van der Waals surface area contributed by atoms with E-state index in [1.807, 2.05) is 54.5 Å². The number of carbonyl (C=O) groups is 2. The summed E-state index contributed by atoms with van der Waals surface area (Å²) < 4.78 is 17.5. The number of likely N-dealkylation sites (tertiary alicyclic amines) is 1. The molecule has 3 rings (SSSR count). The topological polar surface area (TPSA) is 77.1 Å². The largest absolute Gasteiger partial charge is 0.494 e. The van der Waals surface area contributed by atoms with Gasteiger partial charge < -0.3 is 24.3 Å². The van der Waals surface area contributed by atoms with E-state index in [0.717, 1.165) is 18.3 Å².